The third kappa shape index (κ3) is 7.29. The van der Waals surface area contributed by atoms with Gasteiger partial charge in [-0.2, -0.15) is 0 Å². The van der Waals surface area contributed by atoms with Crippen molar-refractivity contribution in [1.82, 2.24) is 15.0 Å². The molecule has 0 saturated carbocycles. The first-order valence-electron chi connectivity index (χ1n) is 15.8. The number of phenolic OH excluding ortho intramolecular Hbond substituents is 1. The summed E-state index contributed by atoms with van der Waals surface area (Å²) in [7, 11) is 0. The summed E-state index contributed by atoms with van der Waals surface area (Å²) in [5.74, 6) is 2.21. The SMILES string of the molecule is CCCCCCOc1ccc(-c2nc(-c3ccc(N4CCOCC4)cc3)nc(-c3ccc(N4CCOCC4)cc3)n2)c(O)c1. The van der Waals surface area contributed by atoms with Crippen LogP contribution in [-0.2, 0) is 9.47 Å². The van der Waals surface area contributed by atoms with Gasteiger partial charge in [0.25, 0.3) is 0 Å². The lowest BCUT2D eigenvalue weighted by Crippen LogP contribution is -2.36. The van der Waals surface area contributed by atoms with Gasteiger partial charge in [-0.1, -0.05) is 26.2 Å². The number of rotatable bonds is 11. The van der Waals surface area contributed by atoms with E-state index in [0.717, 1.165) is 87.9 Å². The van der Waals surface area contributed by atoms with Crippen molar-refractivity contribution in [2.75, 3.05) is 69.0 Å². The molecular formula is C35H41N5O4. The first kappa shape index (κ1) is 29.8. The van der Waals surface area contributed by atoms with Gasteiger partial charge in [-0.3, -0.25) is 0 Å². The molecule has 2 saturated heterocycles. The molecule has 2 aliphatic rings. The van der Waals surface area contributed by atoms with Crippen LogP contribution in [0.15, 0.2) is 66.7 Å². The Morgan fingerprint density at radius 3 is 1.68 bits per heavy atom. The fourth-order valence-corrected chi connectivity index (χ4v) is 5.55. The van der Waals surface area contributed by atoms with Gasteiger partial charge in [-0.15, -0.1) is 0 Å². The normalized spacial score (nSPS) is 15.4. The van der Waals surface area contributed by atoms with E-state index in [1.165, 1.54) is 12.8 Å². The van der Waals surface area contributed by atoms with Gasteiger partial charge in [0.15, 0.2) is 17.5 Å². The number of nitrogens with zero attached hydrogens (tertiary/aromatic N) is 5. The molecular weight excluding hydrogens is 554 g/mol. The quantitative estimate of drug-likeness (QED) is 0.203. The number of morpholine rings is 2. The summed E-state index contributed by atoms with van der Waals surface area (Å²) in [6, 6.07) is 21.9. The van der Waals surface area contributed by atoms with Gasteiger partial charge in [0.2, 0.25) is 0 Å². The van der Waals surface area contributed by atoms with Gasteiger partial charge >= 0.3 is 0 Å². The summed E-state index contributed by atoms with van der Waals surface area (Å²) >= 11 is 0. The molecule has 0 unspecified atom stereocenters. The molecule has 0 radical (unpaired) electrons. The van der Waals surface area contributed by atoms with Crippen LogP contribution >= 0.6 is 0 Å². The van der Waals surface area contributed by atoms with Crippen LogP contribution in [0.1, 0.15) is 32.6 Å². The molecule has 2 fully saturated rings. The predicted octanol–water partition coefficient (Wildman–Crippen LogP) is 6.21. The molecule has 230 valence electrons. The molecule has 1 aromatic heterocycles. The number of hydrogen-bond acceptors (Lipinski definition) is 9. The van der Waals surface area contributed by atoms with Gasteiger partial charge in [-0.25, -0.2) is 15.0 Å². The maximum absolute atomic E-state index is 11.1. The zero-order valence-electron chi connectivity index (χ0n) is 25.5. The van der Waals surface area contributed by atoms with E-state index in [1.807, 2.05) is 36.4 Å². The number of anilines is 2. The summed E-state index contributed by atoms with van der Waals surface area (Å²) in [4.78, 5) is 19.2. The molecule has 0 bridgehead atoms. The van der Waals surface area contributed by atoms with E-state index >= 15 is 0 Å². The van der Waals surface area contributed by atoms with E-state index < -0.39 is 0 Å². The molecule has 3 heterocycles. The van der Waals surface area contributed by atoms with Gasteiger partial charge in [0, 0.05) is 54.7 Å². The molecule has 6 rings (SSSR count). The fraction of sp³-hybridized carbons (Fsp3) is 0.400. The third-order valence-corrected chi connectivity index (χ3v) is 8.12. The second-order valence-electron chi connectivity index (χ2n) is 11.2. The van der Waals surface area contributed by atoms with Crippen molar-refractivity contribution in [2.45, 2.75) is 32.6 Å². The van der Waals surface area contributed by atoms with Gasteiger partial charge in [-0.05, 0) is 67.1 Å². The molecule has 9 nitrogen and oxygen atoms in total. The number of benzene rings is 3. The molecule has 1 N–H and O–H groups in total. The summed E-state index contributed by atoms with van der Waals surface area (Å²) < 4.78 is 16.9. The average molecular weight is 596 g/mol. The van der Waals surface area contributed by atoms with E-state index in [4.69, 9.17) is 29.2 Å². The molecule has 0 amide bonds. The van der Waals surface area contributed by atoms with E-state index in [0.29, 0.717) is 35.4 Å². The van der Waals surface area contributed by atoms with Gasteiger partial charge in [0.1, 0.15) is 11.5 Å². The Morgan fingerprint density at radius 2 is 1.18 bits per heavy atom. The van der Waals surface area contributed by atoms with Crippen molar-refractivity contribution in [2.24, 2.45) is 0 Å². The van der Waals surface area contributed by atoms with Crippen LogP contribution in [0.3, 0.4) is 0 Å². The Balaban J connectivity index is 1.30. The second kappa shape index (κ2) is 14.5. The van der Waals surface area contributed by atoms with Crippen LogP contribution in [-0.4, -0.2) is 79.3 Å². The zero-order valence-corrected chi connectivity index (χ0v) is 25.5. The van der Waals surface area contributed by atoms with Crippen LogP contribution < -0.4 is 14.5 Å². The highest BCUT2D eigenvalue weighted by molar-refractivity contribution is 5.71. The Kier molecular flexibility index (Phi) is 9.84. The summed E-state index contributed by atoms with van der Waals surface area (Å²) in [6.07, 6.45) is 4.51. The van der Waals surface area contributed by atoms with Gasteiger partial charge < -0.3 is 29.1 Å². The van der Waals surface area contributed by atoms with Crippen molar-refractivity contribution < 1.29 is 19.3 Å². The zero-order chi connectivity index (χ0) is 30.1. The summed E-state index contributed by atoms with van der Waals surface area (Å²) in [5, 5.41) is 11.1. The second-order valence-corrected chi connectivity index (χ2v) is 11.2. The number of ether oxygens (including phenoxy) is 3. The van der Waals surface area contributed by atoms with Crippen molar-refractivity contribution in [1.29, 1.82) is 0 Å². The van der Waals surface area contributed by atoms with Crippen LogP contribution in [0, 0.1) is 0 Å². The van der Waals surface area contributed by atoms with Gasteiger partial charge in [0.05, 0.1) is 38.6 Å². The Bertz CT molecular complexity index is 1420. The summed E-state index contributed by atoms with van der Waals surface area (Å²) in [5.41, 5.74) is 4.58. The first-order valence-corrected chi connectivity index (χ1v) is 15.8. The Morgan fingerprint density at radius 1 is 0.659 bits per heavy atom. The average Bonchev–Trinajstić information content (AvgIpc) is 3.09. The Labute approximate surface area is 259 Å². The lowest BCUT2D eigenvalue weighted by Gasteiger charge is -2.29. The first-order chi connectivity index (χ1) is 21.7. The minimum absolute atomic E-state index is 0.0736. The fourth-order valence-electron chi connectivity index (χ4n) is 5.55. The third-order valence-electron chi connectivity index (χ3n) is 8.12. The number of aromatic hydroxyl groups is 1. The minimum atomic E-state index is 0.0736. The molecule has 0 spiro atoms. The van der Waals surface area contributed by atoms with E-state index in [1.54, 1.807) is 6.07 Å². The van der Waals surface area contributed by atoms with Crippen LogP contribution in [0.5, 0.6) is 11.5 Å². The maximum Gasteiger partial charge on any atom is 0.167 e. The standard InChI is InChI=1S/C35H41N5O4/c1-2-3-4-5-20-44-30-14-15-31(32(41)25-30)35-37-33(26-6-10-28(11-7-26)39-16-21-42-22-17-39)36-34(38-35)27-8-12-29(13-9-27)40-18-23-43-24-19-40/h6-15,25,41H,2-5,16-24H2,1H3. The highest BCUT2D eigenvalue weighted by atomic mass is 16.5. The van der Waals surface area contributed by atoms with Crippen LogP contribution in [0.4, 0.5) is 11.4 Å². The monoisotopic (exact) mass is 595 g/mol. The maximum atomic E-state index is 11.1. The predicted molar refractivity (Wildman–Crippen MR) is 174 cm³/mol. The van der Waals surface area contributed by atoms with Crippen LogP contribution in [0.2, 0.25) is 0 Å². The molecule has 2 aliphatic heterocycles. The van der Waals surface area contributed by atoms with E-state index in [9.17, 15) is 5.11 Å². The molecule has 0 aliphatic carbocycles. The largest absolute Gasteiger partial charge is 0.507 e. The topological polar surface area (TPSA) is 93.1 Å². The molecule has 4 aromatic rings. The molecule has 0 atom stereocenters. The number of aromatic nitrogens is 3. The molecule has 3 aromatic carbocycles. The Hall–Kier alpha value is -4.21. The highest BCUT2D eigenvalue weighted by Crippen LogP contribution is 2.33. The van der Waals surface area contributed by atoms with Crippen molar-refractivity contribution in [3.05, 3.63) is 66.7 Å². The lowest BCUT2D eigenvalue weighted by molar-refractivity contribution is 0.122. The minimum Gasteiger partial charge on any atom is -0.507 e. The van der Waals surface area contributed by atoms with Crippen LogP contribution in [0.25, 0.3) is 34.2 Å². The smallest absolute Gasteiger partial charge is 0.167 e. The highest BCUT2D eigenvalue weighted by Gasteiger charge is 2.18. The number of phenols is 1. The van der Waals surface area contributed by atoms with E-state index in [-0.39, 0.29) is 5.75 Å². The number of unbranched alkanes of at least 4 members (excludes halogenated alkanes) is 3. The van der Waals surface area contributed by atoms with E-state index in [2.05, 4.69) is 41.0 Å². The molecule has 44 heavy (non-hydrogen) atoms. The molecule has 9 heteroatoms. The van der Waals surface area contributed by atoms with Crippen molar-refractivity contribution in [3.8, 4) is 45.7 Å². The van der Waals surface area contributed by atoms with Crippen molar-refractivity contribution in [3.63, 3.8) is 0 Å². The summed E-state index contributed by atoms with van der Waals surface area (Å²) in [6.45, 7) is 9.24. The number of hydrogen-bond donors (Lipinski definition) is 1. The lowest BCUT2D eigenvalue weighted by atomic mass is 10.1. The van der Waals surface area contributed by atoms with Crippen molar-refractivity contribution >= 4 is 11.4 Å².